The Morgan fingerprint density at radius 3 is 2.10 bits per heavy atom. The molecule has 6 nitrogen and oxygen atoms in total. The van der Waals surface area contributed by atoms with Gasteiger partial charge in [0.05, 0.1) is 11.1 Å². The number of benzene rings is 1. The number of imide groups is 1. The van der Waals surface area contributed by atoms with E-state index < -0.39 is 17.9 Å². The Bertz CT molecular complexity index is 549. The maximum absolute atomic E-state index is 12.0. The highest BCUT2D eigenvalue weighted by Crippen LogP contribution is 2.23. The second-order valence-corrected chi connectivity index (χ2v) is 4.86. The van der Waals surface area contributed by atoms with Gasteiger partial charge in [0, 0.05) is 14.5 Å². The van der Waals surface area contributed by atoms with Crippen molar-refractivity contribution in [3.05, 3.63) is 35.4 Å². The number of fused-ring (bicyclic) bond motifs is 1. The summed E-state index contributed by atoms with van der Waals surface area (Å²) in [6, 6.07) is 6.43. The zero-order chi connectivity index (χ0) is 14.1. The van der Waals surface area contributed by atoms with E-state index in [4.69, 9.17) is 4.84 Å². The average molecular weight is 276 g/mol. The van der Waals surface area contributed by atoms with Crippen molar-refractivity contribution in [1.82, 2.24) is 9.96 Å². The molecule has 0 radical (unpaired) electrons. The van der Waals surface area contributed by atoms with E-state index in [0.29, 0.717) is 18.2 Å². The van der Waals surface area contributed by atoms with Gasteiger partial charge in [0.1, 0.15) is 0 Å². The van der Waals surface area contributed by atoms with Gasteiger partial charge >= 0.3 is 6.09 Å². The van der Waals surface area contributed by atoms with Crippen LogP contribution < -0.4 is 0 Å². The molecule has 3 rings (SSSR count). The molecular weight excluding hydrogens is 260 g/mol. The third kappa shape index (κ3) is 2.03. The molecule has 0 aliphatic carbocycles. The lowest BCUT2D eigenvalue weighted by atomic mass is 10.1. The molecule has 0 aromatic heterocycles. The predicted octanol–water partition coefficient (Wildman–Crippen LogP) is 2.07. The summed E-state index contributed by atoms with van der Waals surface area (Å²) in [6.07, 6.45) is 2.27. The number of hydrogen-bond donors (Lipinski definition) is 0. The molecule has 0 atom stereocenters. The zero-order valence-electron chi connectivity index (χ0n) is 10.9. The van der Waals surface area contributed by atoms with Crippen LogP contribution in [0.5, 0.6) is 0 Å². The van der Waals surface area contributed by atoms with Crippen LogP contribution >= 0.6 is 0 Å². The number of hydroxylamine groups is 2. The zero-order valence-corrected chi connectivity index (χ0v) is 10.9. The Labute approximate surface area is 117 Å². The van der Waals surface area contributed by atoms with Crippen LogP contribution in [0.4, 0.5) is 4.79 Å². The summed E-state index contributed by atoms with van der Waals surface area (Å²) in [5.74, 6) is -1.17. The lowest BCUT2D eigenvalue weighted by molar-refractivity contribution is -0.0584. The van der Waals surface area contributed by atoms with Crippen molar-refractivity contribution in [3.63, 3.8) is 0 Å². The molecule has 2 aliphatic rings. The topological polar surface area (TPSA) is 66.9 Å². The van der Waals surface area contributed by atoms with Crippen LogP contribution in [0.25, 0.3) is 0 Å². The van der Waals surface area contributed by atoms with Gasteiger partial charge in [0.2, 0.25) is 0 Å². The summed E-state index contributed by atoms with van der Waals surface area (Å²) in [5, 5.41) is 0.557. The molecule has 2 aliphatic heterocycles. The Balaban J connectivity index is 0.00000161. The largest absolute Gasteiger partial charge is 0.434 e. The number of rotatable bonds is 1. The minimum atomic E-state index is -0.640. The highest BCUT2D eigenvalue weighted by Gasteiger charge is 2.39. The van der Waals surface area contributed by atoms with Crippen molar-refractivity contribution >= 4 is 17.9 Å². The fourth-order valence-corrected chi connectivity index (χ4v) is 2.46. The van der Waals surface area contributed by atoms with Crippen molar-refractivity contribution in [3.8, 4) is 0 Å². The molecule has 1 aromatic rings. The van der Waals surface area contributed by atoms with Gasteiger partial charge in [-0.2, -0.15) is 0 Å². The first-order chi connectivity index (χ1) is 9.68. The second kappa shape index (κ2) is 4.96. The number of piperidine rings is 1. The van der Waals surface area contributed by atoms with Crippen LogP contribution in [0, 0.1) is 0 Å². The Morgan fingerprint density at radius 1 is 1.00 bits per heavy atom. The minimum absolute atomic E-state index is 0. The standard InChI is InChI=1S/C14H14N2O4.H2/c17-12-10-6-2-3-7-11(10)13(18)16(12)20-14(19)15-8-4-1-5-9-15;/h2-3,6-7H,1,4-5,8-9H2;1H. The van der Waals surface area contributed by atoms with Crippen molar-refractivity contribution in [1.29, 1.82) is 0 Å². The van der Waals surface area contributed by atoms with Gasteiger partial charge < -0.3 is 9.74 Å². The highest BCUT2D eigenvalue weighted by molar-refractivity contribution is 6.20. The summed E-state index contributed by atoms with van der Waals surface area (Å²) in [6.45, 7) is 1.20. The van der Waals surface area contributed by atoms with E-state index in [-0.39, 0.29) is 12.6 Å². The Kier molecular flexibility index (Phi) is 3.14. The van der Waals surface area contributed by atoms with E-state index in [9.17, 15) is 14.4 Å². The number of nitrogens with zero attached hydrogens (tertiary/aromatic N) is 2. The van der Waals surface area contributed by atoms with E-state index in [0.717, 1.165) is 19.3 Å². The first kappa shape index (κ1) is 12.7. The average Bonchev–Trinajstić information content (AvgIpc) is 2.74. The molecule has 1 aromatic carbocycles. The first-order valence-electron chi connectivity index (χ1n) is 6.63. The van der Waals surface area contributed by atoms with Crippen LogP contribution in [0.15, 0.2) is 24.3 Å². The van der Waals surface area contributed by atoms with E-state index >= 15 is 0 Å². The van der Waals surface area contributed by atoms with Gasteiger partial charge in [-0.3, -0.25) is 9.59 Å². The van der Waals surface area contributed by atoms with Crippen LogP contribution in [-0.4, -0.2) is 41.0 Å². The quantitative estimate of drug-likeness (QED) is 0.736. The third-order valence-corrected chi connectivity index (χ3v) is 3.54. The molecule has 6 heteroatoms. The van der Waals surface area contributed by atoms with E-state index in [2.05, 4.69) is 0 Å². The van der Waals surface area contributed by atoms with Crippen LogP contribution in [0.2, 0.25) is 0 Å². The van der Waals surface area contributed by atoms with Gasteiger partial charge in [-0.25, -0.2) is 4.79 Å². The van der Waals surface area contributed by atoms with Gasteiger partial charge in [-0.1, -0.05) is 17.2 Å². The third-order valence-electron chi connectivity index (χ3n) is 3.54. The molecule has 0 saturated carbocycles. The predicted molar refractivity (Wildman–Crippen MR) is 71.0 cm³/mol. The lowest BCUT2D eigenvalue weighted by Gasteiger charge is -2.26. The number of amides is 3. The molecule has 1 saturated heterocycles. The Hall–Kier alpha value is -2.37. The number of hydrogen-bond acceptors (Lipinski definition) is 4. The number of carbonyl (C=O) groups excluding carboxylic acids is 3. The van der Waals surface area contributed by atoms with E-state index in [1.54, 1.807) is 24.3 Å². The summed E-state index contributed by atoms with van der Waals surface area (Å²) in [5.41, 5.74) is 0.535. The van der Waals surface area contributed by atoms with Gasteiger partial charge in [0.25, 0.3) is 11.8 Å². The maximum atomic E-state index is 12.0. The molecule has 20 heavy (non-hydrogen) atoms. The van der Waals surface area contributed by atoms with Crippen molar-refractivity contribution in [2.75, 3.05) is 13.1 Å². The highest BCUT2D eigenvalue weighted by atomic mass is 16.7. The lowest BCUT2D eigenvalue weighted by Crippen LogP contribution is -2.42. The fourth-order valence-electron chi connectivity index (χ4n) is 2.46. The van der Waals surface area contributed by atoms with Crippen molar-refractivity contribution in [2.24, 2.45) is 0 Å². The molecule has 0 spiro atoms. The van der Waals surface area contributed by atoms with Gasteiger partial charge in [0.15, 0.2) is 0 Å². The second-order valence-electron chi connectivity index (χ2n) is 4.86. The molecule has 0 N–H and O–H groups in total. The van der Waals surface area contributed by atoms with Crippen LogP contribution in [-0.2, 0) is 4.84 Å². The summed E-state index contributed by atoms with van der Waals surface area (Å²) >= 11 is 0. The van der Waals surface area contributed by atoms with Crippen LogP contribution in [0.3, 0.4) is 0 Å². The van der Waals surface area contributed by atoms with Crippen molar-refractivity contribution < 1.29 is 20.6 Å². The van der Waals surface area contributed by atoms with Gasteiger partial charge in [-0.15, -0.1) is 0 Å². The molecule has 0 unspecified atom stereocenters. The van der Waals surface area contributed by atoms with E-state index in [1.165, 1.54) is 4.90 Å². The molecule has 3 amide bonds. The van der Waals surface area contributed by atoms with E-state index in [1.807, 2.05) is 0 Å². The summed E-state index contributed by atoms with van der Waals surface area (Å²) in [4.78, 5) is 42.5. The molecule has 2 heterocycles. The molecular formula is C14H16N2O4. The maximum Gasteiger partial charge on any atom is 0.434 e. The monoisotopic (exact) mass is 276 g/mol. The van der Waals surface area contributed by atoms with Crippen LogP contribution in [0.1, 0.15) is 41.4 Å². The minimum Gasteiger partial charge on any atom is -0.310 e. The normalized spacial score (nSPS) is 18.2. The molecule has 1 fully saturated rings. The number of carbonyl (C=O) groups is 3. The Morgan fingerprint density at radius 2 is 1.55 bits per heavy atom. The summed E-state index contributed by atoms with van der Waals surface area (Å²) in [7, 11) is 0. The first-order valence-corrected chi connectivity index (χ1v) is 6.63. The summed E-state index contributed by atoms with van der Waals surface area (Å²) < 4.78 is 0. The smallest absolute Gasteiger partial charge is 0.310 e. The SMILES string of the molecule is O=C(ON1C(=O)c2ccccc2C1=O)N1CCCCC1.[HH]. The van der Waals surface area contributed by atoms with Gasteiger partial charge in [-0.05, 0) is 31.4 Å². The molecule has 106 valence electrons. The van der Waals surface area contributed by atoms with Crippen molar-refractivity contribution in [2.45, 2.75) is 19.3 Å². The fraction of sp³-hybridized carbons (Fsp3) is 0.357. The number of likely N-dealkylation sites (tertiary alicyclic amines) is 1. The molecule has 0 bridgehead atoms.